The van der Waals surface area contributed by atoms with E-state index in [1.165, 1.54) is 0 Å². The van der Waals surface area contributed by atoms with Crippen LogP contribution in [0.25, 0.3) is 0 Å². The Labute approximate surface area is 102 Å². The predicted octanol–water partition coefficient (Wildman–Crippen LogP) is 0.332. The van der Waals surface area contributed by atoms with Crippen LogP contribution in [0.3, 0.4) is 0 Å². The van der Waals surface area contributed by atoms with Gasteiger partial charge in [-0.3, -0.25) is 14.4 Å². The van der Waals surface area contributed by atoms with Crippen LogP contribution in [0.15, 0.2) is 12.3 Å². The van der Waals surface area contributed by atoms with Crippen LogP contribution in [0.5, 0.6) is 0 Å². The highest BCUT2D eigenvalue weighted by Crippen LogP contribution is 2.12. The molecular weight excluding hydrogens is 216 g/mol. The average Bonchev–Trinajstić information content (AvgIpc) is 2.79. The summed E-state index contributed by atoms with van der Waals surface area (Å²) in [5.41, 5.74) is 0.722. The topological polar surface area (TPSA) is 41.4 Å². The molecule has 0 N–H and O–H groups in total. The molecule has 0 radical (unpaired) electrons. The molecular formula is C12H20N4O. The van der Waals surface area contributed by atoms with Gasteiger partial charge in [0.1, 0.15) is 5.69 Å². The first-order valence-corrected chi connectivity index (χ1v) is 6.08. The van der Waals surface area contributed by atoms with Gasteiger partial charge in [0.25, 0.3) is 0 Å². The average molecular weight is 236 g/mol. The fraction of sp³-hybridized carbons (Fsp3) is 0.667. The van der Waals surface area contributed by atoms with Crippen molar-refractivity contribution in [1.29, 1.82) is 0 Å². The fourth-order valence-electron chi connectivity index (χ4n) is 2.26. The molecule has 1 aromatic rings. The summed E-state index contributed by atoms with van der Waals surface area (Å²) >= 11 is 0. The molecule has 1 aliphatic heterocycles. The number of aromatic nitrogens is 2. The molecule has 1 aliphatic rings. The lowest BCUT2D eigenvalue weighted by Crippen LogP contribution is -2.53. The van der Waals surface area contributed by atoms with E-state index in [4.69, 9.17) is 0 Å². The molecule has 0 amide bonds. The zero-order valence-electron chi connectivity index (χ0n) is 10.8. The molecule has 5 heteroatoms. The molecule has 1 atom stereocenters. The number of carbonyl (C=O) groups is 1. The number of carbonyl (C=O) groups excluding carboxylic acids is 1. The van der Waals surface area contributed by atoms with E-state index in [0.29, 0.717) is 0 Å². The second-order valence-electron chi connectivity index (χ2n) is 4.66. The highest BCUT2D eigenvalue weighted by atomic mass is 16.1. The number of likely N-dealkylation sites (N-methyl/N-ethyl adjacent to an activating group) is 2. The second kappa shape index (κ2) is 4.98. The molecule has 17 heavy (non-hydrogen) atoms. The maximum Gasteiger partial charge on any atom is 0.199 e. The number of Topliss-reactive ketones (excluding diaryl/α,β-unsaturated/α-hetero) is 1. The summed E-state index contributed by atoms with van der Waals surface area (Å²) in [5, 5.41) is 4.16. The molecule has 5 nitrogen and oxygen atoms in total. The molecule has 2 rings (SSSR count). The van der Waals surface area contributed by atoms with E-state index in [9.17, 15) is 4.79 Å². The molecule has 0 bridgehead atoms. The Morgan fingerprint density at radius 3 is 2.94 bits per heavy atom. The van der Waals surface area contributed by atoms with Gasteiger partial charge >= 0.3 is 0 Å². The molecule has 1 saturated heterocycles. The quantitative estimate of drug-likeness (QED) is 0.709. The van der Waals surface area contributed by atoms with E-state index in [-0.39, 0.29) is 11.8 Å². The van der Waals surface area contributed by atoms with Gasteiger partial charge in [-0.15, -0.1) is 0 Å². The number of nitrogens with zero attached hydrogens (tertiary/aromatic N) is 4. The fourth-order valence-corrected chi connectivity index (χ4v) is 2.26. The zero-order chi connectivity index (χ0) is 12.4. The van der Waals surface area contributed by atoms with Crippen LogP contribution in [-0.4, -0.2) is 65.1 Å². The third kappa shape index (κ3) is 2.40. The smallest absolute Gasteiger partial charge is 0.199 e. The van der Waals surface area contributed by atoms with Crippen LogP contribution in [0, 0.1) is 0 Å². The summed E-state index contributed by atoms with van der Waals surface area (Å²) in [6, 6.07) is 1.77. The maximum atomic E-state index is 12.5. The lowest BCUT2D eigenvalue weighted by atomic mass is 10.1. The maximum absolute atomic E-state index is 12.5. The van der Waals surface area contributed by atoms with Gasteiger partial charge in [-0.25, -0.2) is 0 Å². The first-order valence-electron chi connectivity index (χ1n) is 6.08. The normalized spacial score (nSPS) is 22.9. The van der Waals surface area contributed by atoms with Crippen molar-refractivity contribution in [3.05, 3.63) is 18.0 Å². The Balaban J connectivity index is 2.18. The van der Waals surface area contributed by atoms with E-state index < -0.39 is 0 Å². The largest absolute Gasteiger partial charge is 0.303 e. The van der Waals surface area contributed by atoms with Gasteiger partial charge in [0.05, 0.1) is 6.04 Å². The zero-order valence-corrected chi connectivity index (χ0v) is 10.8. The minimum Gasteiger partial charge on any atom is -0.303 e. The summed E-state index contributed by atoms with van der Waals surface area (Å²) in [6.07, 6.45) is 1.70. The standard InChI is InChI=1S/C12H20N4O/c1-4-16-10(5-6-13-16)12(17)11-9-14(2)7-8-15(11)3/h5-6,11H,4,7-9H2,1-3H3. The molecule has 0 aromatic carbocycles. The second-order valence-corrected chi connectivity index (χ2v) is 4.66. The summed E-state index contributed by atoms with van der Waals surface area (Å²) in [4.78, 5) is 16.8. The van der Waals surface area contributed by atoms with E-state index in [2.05, 4.69) is 21.9 Å². The van der Waals surface area contributed by atoms with Gasteiger partial charge in [0.15, 0.2) is 5.78 Å². The van der Waals surface area contributed by atoms with Crippen LogP contribution in [-0.2, 0) is 6.54 Å². The van der Waals surface area contributed by atoms with Gasteiger partial charge in [-0.1, -0.05) is 0 Å². The van der Waals surface area contributed by atoms with Crippen molar-refractivity contribution < 1.29 is 4.79 Å². The first-order chi connectivity index (χ1) is 8.13. The van der Waals surface area contributed by atoms with Crippen molar-refractivity contribution in [2.75, 3.05) is 33.7 Å². The molecule has 94 valence electrons. The molecule has 0 spiro atoms. The van der Waals surface area contributed by atoms with Gasteiger partial charge in [-0.05, 0) is 27.1 Å². The summed E-state index contributed by atoms with van der Waals surface area (Å²) in [6.45, 7) is 5.49. The van der Waals surface area contributed by atoms with Crippen LogP contribution in [0.4, 0.5) is 0 Å². The van der Waals surface area contributed by atoms with Gasteiger partial charge in [0, 0.05) is 32.4 Å². The monoisotopic (exact) mass is 236 g/mol. The third-order valence-corrected chi connectivity index (χ3v) is 3.42. The number of hydrogen-bond acceptors (Lipinski definition) is 4. The molecule has 1 fully saturated rings. The predicted molar refractivity (Wildman–Crippen MR) is 66.1 cm³/mol. The Morgan fingerprint density at radius 1 is 1.47 bits per heavy atom. The highest BCUT2D eigenvalue weighted by Gasteiger charge is 2.30. The molecule has 0 saturated carbocycles. The van der Waals surface area contributed by atoms with Crippen LogP contribution < -0.4 is 0 Å². The molecule has 2 heterocycles. The van der Waals surface area contributed by atoms with Gasteiger partial charge < -0.3 is 4.90 Å². The summed E-state index contributed by atoms with van der Waals surface area (Å²) in [7, 11) is 4.08. The van der Waals surface area contributed by atoms with Crippen LogP contribution >= 0.6 is 0 Å². The van der Waals surface area contributed by atoms with E-state index >= 15 is 0 Å². The van der Waals surface area contributed by atoms with Crippen molar-refractivity contribution in [3.63, 3.8) is 0 Å². The number of hydrogen-bond donors (Lipinski definition) is 0. The van der Waals surface area contributed by atoms with Crippen molar-refractivity contribution >= 4 is 5.78 Å². The SMILES string of the molecule is CCn1nccc1C(=O)C1CN(C)CCN1C. The van der Waals surface area contributed by atoms with Crippen molar-refractivity contribution in [2.24, 2.45) is 0 Å². The number of piperazine rings is 1. The molecule has 1 unspecified atom stereocenters. The van der Waals surface area contributed by atoms with Crippen molar-refractivity contribution in [1.82, 2.24) is 19.6 Å². The van der Waals surface area contributed by atoms with E-state index in [0.717, 1.165) is 31.9 Å². The highest BCUT2D eigenvalue weighted by molar-refractivity contribution is 5.98. The first kappa shape index (κ1) is 12.3. The van der Waals surface area contributed by atoms with E-state index in [1.54, 1.807) is 10.9 Å². The minimum absolute atomic E-state index is 0.0456. The Bertz CT molecular complexity index is 401. The van der Waals surface area contributed by atoms with Gasteiger partial charge in [0.2, 0.25) is 0 Å². The number of aryl methyl sites for hydroxylation is 1. The van der Waals surface area contributed by atoms with Gasteiger partial charge in [-0.2, -0.15) is 5.10 Å². The molecule has 1 aromatic heterocycles. The van der Waals surface area contributed by atoms with E-state index in [1.807, 2.05) is 20.0 Å². The summed E-state index contributed by atoms with van der Waals surface area (Å²) < 4.78 is 1.77. The van der Waals surface area contributed by atoms with Crippen LogP contribution in [0.1, 0.15) is 17.4 Å². The van der Waals surface area contributed by atoms with Crippen molar-refractivity contribution in [2.45, 2.75) is 19.5 Å². The molecule has 0 aliphatic carbocycles. The minimum atomic E-state index is -0.0456. The van der Waals surface area contributed by atoms with Crippen LogP contribution in [0.2, 0.25) is 0 Å². The number of ketones is 1. The Morgan fingerprint density at radius 2 is 2.24 bits per heavy atom. The third-order valence-electron chi connectivity index (χ3n) is 3.42. The summed E-state index contributed by atoms with van der Waals surface area (Å²) in [5.74, 6) is 0.179. The number of rotatable bonds is 3. The lowest BCUT2D eigenvalue weighted by Gasteiger charge is -2.36. The Hall–Kier alpha value is -1.20. The van der Waals surface area contributed by atoms with Crippen molar-refractivity contribution in [3.8, 4) is 0 Å². The lowest BCUT2D eigenvalue weighted by molar-refractivity contribution is 0.0676. The Kier molecular flexibility index (Phi) is 3.59.